The second-order valence-electron chi connectivity index (χ2n) is 5.86. The van der Waals surface area contributed by atoms with E-state index in [-0.39, 0.29) is 6.10 Å². The quantitative estimate of drug-likeness (QED) is 0.549. The Bertz CT molecular complexity index is 666. The minimum Gasteiger partial charge on any atom is -0.489 e. The molecule has 0 fully saturated rings. The molecule has 0 spiro atoms. The van der Waals surface area contributed by atoms with Gasteiger partial charge in [-0.25, -0.2) is 0 Å². The van der Waals surface area contributed by atoms with E-state index in [1.807, 2.05) is 42.5 Å². The van der Waals surface area contributed by atoms with Gasteiger partial charge in [-0.3, -0.25) is 0 Å². The topological polar surface area (TPSA) is 53.5 Å². The van der Waals surface area contributed by atoms with Gasteiger partial charge in [-0.05, 0) is 31.2 Å². The van der Waals surface area contributed by atoms with Crippen molar-refractivity contribution in [2.45, 2.75) is 26.2 Å². The van der Waals surface area contributed by atoms with E-state index in [0.29, 0.717) is 29.7 Å². The third-order valence-electron chi connectivity index (χ3n) is 3.60. The summed E-state index contributed by atoms with van der Waals surface area (Å²) >= 11 is 12.3. The number of rotatable bonds is 10. The molecule has 0 heterocycles. The molecule has 136 valence electrons. The van der Waals surface area contributed by atoms with E-state index in [1.165, 1.54) is 0 Å². The van der Waals surface area contributed by atoms with Crippen molar-refractivity contribution < 1.29 is 9.84 Å². The summed E-state index contributed by atoms with van der Waals surface area (Å²) in [6, 6.07) is 13.2. The van der Waals surface area contributed by atoms with E-state index < -0.39 is 0 Å². The molecule has 0 aliphatic carbocycles. The Morgan fingerprint density at radius 1 is 1.04 bits per heavy atom. The van der Waals surface area contributed by atoms with Crippen molar-refractivity contribution in [3.05, 3.63) is 63.6 Å². The Hall–Kier alpha value is -1.30. The zero-order valence-corrected chi connectivity index (χ0v) is 15.8. The average molecular weight is 383 g/mol. The van der Waals surface area contributed by atoms with Crippen LogP contribution >= 0.6 is 23.2 Å². The van der Waals surface area contributed by atoms with E-state index in [4.69, 9.17) is 27.9 Å². The molecule has 0 aliphatic rings. The fourth-order valence-electron chi connectivity index (χ4n) is 2.31. The van der Waals surface area contributed by atoms with E-state index >= 15 is 0 Å². The van der Waals surface area contributed by atoms with Crippen LogP contribution < -0.4 is 15.4 Å². The zero-order chi connectivity index (χ0) is 18.1. The van der Waals surface area contributed by atoms with Gasteiger partial charge in [0.05, 0.1) is 6.10 Å². The summed E-state index contributed by atoms with van der Waals surface area (Å²) in [4.78, 5) is 0. The Morgan fingerprint density at radius 2 is 1.80 bits per heavy atom. The molecule has 2 rings (SSSR count). The van der Waals surface area contributed by atoms with Crippen LogP contribution in [0.1, 0.15) is 18.1 Å². The van der Waals surface area contributed by atoms with E-state index in [9.17, 15) is 5.11 Å². The van der Waals surface area contributed by atoms with E-state index in [2.05, 4.69) is 10.6 Å². The predicted molar refractivity (Wildman–Crippen MR) is 103 cm³/mol. The predicted octanol–water partition coefficient (Wildman–Crippen LogP) is 3.63. The Balaban J connectivity index is 1.87. The minimum atomic E-state index is -0.335. The van der Waals surface area contributed by atoms with Gasteiger partial charge >= 0.3 is 0 Å². The van der Waals surface area contributed by atoms with Gasteiger partial charge in [0.2, 0.25) is 0 Å². The second kappa shape index (κ2) is 10.6. The molecule has 4 nitrogen and oxygen atoms in total. The molecule has 0 saturated heterocycles. The summed E-state index contributed by atoms with van der Waals surface area (Å²) in [6.07, 6.45) is -0.335. The largest absolute Gasteiger partial charge is 0.489 e. The van der Waals surface area contributed by atoms with Gasteiger partial charge in [0, 0.05) is 47.4 Å². The molecule has 6 heteroatoms. The molecule has 0 saturated carbocycles. The summed E-state index contributed by atoms with van der Waals surface area (Å²) in [5.41, 5.74) is 1.94. The summed E-state index contributed by atoms with van der Waals surface area (Å²) in [7, 11) is 0. The molecule has 2 aromatic rings. The van der Waals surface area contributed by atoms with Gasteiger partial charge in [-0.2, -0.15) is 0 Å². The number of aliphatic hydroxyl groups is 1. The lowest BCUT2D eigenvalue weighted by Crippen LogP contribution is -2.31. The van der Waals surface area contributed by atoms with Crippen LogP contribution in [-0.2, 0) is 13.2 Å². The molecule has 0 radical (unpaired) electrons. The van der Waals surface area contributed by atoms with Crippen LogP contribution in [0.3, 0.4) is 0 Å². The molecule has 0 aromatic heterocycles. The third-order valence-corrected chi connectivity index (χ3v) is 4.20. The average Bonchev–Trinajstić information content (AvgIpc) is 2.58. The first kappa shape index (κ1) is 20.0. The number of halogens is 2. The molecule has 1 atom stereocenters. The first-order valence-corrected chi connectivity index (χ1v) is 9.06. The Labute approximate surface area is 159 Å². The van der Waals surface area contributed by atoms with Crippen molar-refractivity contribution in [3.8, 4) is 5.75 Å². The number of aliphatic hydroxyl groups excluding tert-OH is 1. The minimum absolute atomic E-state index is 0.335. The molecule has 0 amide bonds. The van der Waals surface area contributed by atoms with Crippen molar-refractivity contribution in [3.63, 3.8) is 0 Å². The molecule has 2 aromatic carbocycles. The lowest BCUT2D eigenvalue weighted by atomic mass is 10.2. The smallest absolute Gasteiger partial charge is 0.124 e. The standard InChI is InChI=1S/C19H24Cl2N2O2/c1-14(24)11-22-8-9-23-12-16-10-17(20)6-7-19(16)25-13-15-4-2-3-5-18(15)21/h2-7,10,14,22-24H,8-9,11-13H2,1H3. The first-order valence-electron chi connectivity index (χ1n) is 8.30. The van der Waals surface area contributed by atoms with Crippen molar-refractivity contribution >= 4 is 23.2 Å². The maximum atomic E-state index is 9.20. The molecule has 25 heavy (non-hydrogen) atoms. The summed E-state index contributed by atoms with van der Waals surface area (Å²) in [5.74, 6) is 0.786. The van der Waals surface area contributed by atoms with Gasteiger partial charge in [0.1, 0.15) is 12.4 Å². The van der Waals surface area contributed by atoms with E-state index in [1.54, 1.807) is 6.92 Å². The van der Waals surface area contributed by atoms with Gasteiger partial charge in [0.15, 0.2) is 0 Å². The van der Waals surface area contributed by atoms with Crippen LogP contribution in [-0.4, -0.2) is 30.8 Å². The summed E-state index contributed by atoms with van der Waals surface area (Å²) in [6.45, 7) is 4.96. The highest BCUT2D eigenvalue weighted by Crippen LogP contribution is 2.25. The van der Waals surface area contributed by atoms with Crippen molar-refractivity contribution in [2.75, 3.05) is 19.6 Å². The highest BCUT2D eigenvalue weighted by molar-refractivity contribution is 6.31. The van der Waals surface area contributed by atoms with Gasteiger partial charge in [0.25, 0.3) is 0 Å². The normalized spacial score (nSPS) is 12.2. The van der Waals surface area contributed by atoms with Crippen LogP contribution in [0.15, 0.2) is 42.5 Å². The lowest BCUT2D eigenvalue weighted by molar-refractivity contribution is 0.191. The molecule has 1 unspecified atom stereocenters. The number of hydrogen-bond donors (Lipinski definition) is 3. The number of nitrogens with one attached hydrogen (secondary N) is 2. The van der Waals surface area contributed by atoms with Gasteiger partial charge in [-0.15, -0.1) is 0 Å². The van der Waals surface area contributed by atoms with Crippen molar-refractivity contribution in [1.29, 1.82) is 0 Å². The molecular weight excluding hydrogens is 359 g/mol. The Kier molecular flexibility index (Phi) is 8.52. The number of benzene rings is 2. The first-order chi connectivity index (χ1) is 12.1. The SMILES string of the molecule is CC(O)CNCCNCc1cc(Cl)ccc1OCc1ccccc1Cl. The Morgan fingerprint density at radius 3 is 2.56 bits per heavy atom. The monoisotopic (exact) mass is 382 g/mol. The second-order valence-corrected chi connectivity index (χ2v) is 6.71. The highest BCUT2D eigenvalue weighted by atomic mass is 35.5. The molecular formula is C19H24Cl2N2O2. The highest BCUT2D eigenvalue weighted by Gasteiger charge is 2.07. The molecule has 0 aliphatic heterocycles. The van der Waals surface area contributed by atoms with Gasteiger partial charge < -0.3 is 20.5 Å². The van der Waals surface area contributed by atoms with Crippen LogP contribution in [0.4, 0.5) is 0 Å². The van der Waals surface area contributed by atoms with Crippen LogP contribution in [0, 0.1) is 0 Å². The van der Waals surface area contributed by atoms with Crippen molar-refractivity contribution in [2.24, 2.45) is 0 Å². The van der Waals surface area contributed by atoms with Gasteiger partial charge in [-0.1, -0.05) is 41.4 Å². The van der Waals surface area contributed by atoms with Crippen LogP contribution in [0.5, 0.6) is 5.75 Å². The maximum Gasteiger partial charge on any atom is 0.124 e. The van der Waals surface area contributed by atoms with E-state index in [0.717, 1.165) is 30.0 Å². The lowest BCUT2D eigenvalue weighted by Gasteiger charge is -2.14. The third kappa shape index (κ3) is 7.22. The fourth-order valence-corrected chi connectivity index (χ4v) is 2.69. The maximum absolute atomic E-state index is 9.20. The molecule has 0 bridgehead atoms. The summed E-state index contributed by atoms with van der Waals surface area (Å²) in [5, 5.41) is 17.1. The number of hydrogen-bond acceptors (Lipinski definition) is 4. The number of ether oxygens (including phenoxy) is 1. The fraction of sp³-hybridized carbons (Fsp3) is 0.368. The van der Waals surface area contributed by atoms with Crippen LogP contribution in [0.25, 0.3) is 0 Å². The van der Waals surface area contributed by atoms with Crippen LogP contribution in [0.2, 0.25) is 10.0 Å². The molecule has 3 N–H and O–H groups in total. The summed E-state index contributed by atoms with van der Waals surface area (Å²) < 4.78 is 5.94. The van der Waals surface area contributed by atoms with Crippen molar-refractivity contribution in [1.82, 2.24) is 10.6 Å². The zero-order valence-electron chi connectivity index (χ0n) is 14.3.